The first-order chi connectivity index (χ1) is 8.09. The minimum absolute atomic E-state index is 0.0739. The van der Waals surface area contributed by atoms with Gasteiger partial charge < -0.3 is 0 Å². The van der Waals surface area contributed by atoms with Gasteiger partial charge in [0, 0.05) is 16.1 Å². The Balaban J connectivity index is 2.57. The average Bonchev–Trinajstić information content (AvgIpc) is 2.29. The van der Waals surface area contributed by atoms with Crippen molar-refractivity contribution < 1.29 is 8.78 Å². The van der Waals surface area contributed by atoms with Crippen molar-refractivity contribution in [3.63, 3.8) is 0 Å². The largest absolute Gasteiger partial charge is 0.265 e. The molecule has 0 aromatic heterocycles. The fourth-order valence-corrected chi connectivity index (χ4v) is 2.11. The lowest BCUT2D eigenvalue weighted by Crippen LogP contribution is -1.89. The molecule has 2 aromatic carbocycles. The summed E-state index contributed by atoms with van der Waals surface area (Å²) in [6.45, 7) is 0. The summed E-state index contributed by atoms with van der Waals surface area (Å²) >= 11 is 11.8. The number of hydrogen-bond acceptors (Lipinski definition) is 0. The van der Waals surface area contributed by atoms with Crippen LogP contribution in [0.3, 0.4) is 0 Å². The van der Waals surface area contributed by atoms with Gasteiger partial charge in [-0.3, -0.25) is 0 Å². The predicted octanol–water partition coefficient (Wildman–Crippen LogP) is 5.60. The van der Waals surface area contributed by atoms with Gasteiger partial charge in [0.15, 0.2) is 0 Å². The molecule has 0 unspecified atom stereocenters. The van der Waals surface area contributed by atoms with Crippen LogP contribution in [0.1, 0.15) is 12.0 Å². The summed E-state index contributed by atoms with van der Waals surface area (Å²) in [6.07, 6.45) is -2.58. The lowest BCUT2D eigenvalue weighted by atomic mass is 10.0. The van der Waals surface area contributed by atoms with E-state index < -0.39 is 6.43 Å². The molecule has 0 aliphatic heterocycles. The van der Waals surface area contributed by atoms with Crippen molar-refractivity contribution in [2.75, 3.05) is 0 Å². The van der Waals surface area contributed by atoms with E-state index in [2.05, 4.69) is 0 Å². The Morgan fingerprint density at radius 2 is 1.65 bits per heavy atom. The number of alkyl halides is 2. The summed E-state index contributed by atoms with van der Waals surface area (Å²) in [4.78, 5) is 0. The molecule has 0 spiro atoms. The van der Waals surface area contributed by atoms with Crippen LogP contribution in [0.4, 0.5) is 8.78 Å². The summed E-state index contributed by atoms with van der Waals surface area (Å²) in [6, 6.07) is 11.5. The molecule has 0 heterocycles. The van der Waals surface area contributed by atoms with E-state index in [-0.39, 0.29) is 10.6 Å². The number of halogens is 4. The van der Waals surface area contributed by atoms with Crippen molar-refractivity contribution in [1.29, 1.82) is 0 Å². The van der Waals surface area contributed by atoms with E-state index in [1.54, 1.807) is 36.4 Å². The van der Waals surface area contributed by atoms with E-state index in [1.807, 2.05) is 0 Å². The molecule has 0 bridgehead atoms. The third-order valence-electron chi connectivity index (χ3n) is 2.40. The predicted molar refractivity (Wildman–Crippen MR) is 66.9 cm³/mol. The lowest BCUT2D eigenvalue weighted by molar-refractivity contribution is 0.151. The molecular formula is C13H8Cl2F2. The highest BCUT2D eigenvalue weighted by Crippen LogP contribution is 2.35. The second-order valence-corrected chi connectivity index (χ2v) is 4.33. The molecule has 0 aliphatic rings. The monoisotopic (exact) mass is 272 g/mol. The van der Waals surface area contributed by atoms with Gasteiger partial charge in [-0.1, -0.05) is 53.5 Å². The molecule has 0 nitrogen and oxygen atoms in total. The van der Waals surface area contributed by atoms with Crippen molar-refractivity contribution >= 4 is 23.2 Å². The standard InChI is InChI=1S/C13H8Cl2F2/c14-9-4-1-3-8(7-9)10-5-2-6-11(12(10)15)13(16)17/h1-7,13H. The lowest BCUT2D eigenvalue weighted by Gasteiger charge is -2.09. The zero-order valence-corrected chi connectivity index (χ0v) is 10.1. The van der Waals surface area contributed by atoms with E-state index in [0.717, 1.165) is 5.56 Å². The highest BCUT2D eigenvalue weighted by molar-refractivity contribution is 6.34. The molecular weight excluding hydrogens is 265 g/mol. The first kappa shape index (κ1) is 12.3. The molecule has 17 heavy (non-hydrogen) atoms. The molecule has 0 N–H and O–H groups in total. The second kappa shape index (κ2) is 5.03. The third-order valence-corrected chi connectivity index (χ3v) is 3.06. The molecule has 88 valence electrons. The van der Waals surface area contributed by atoms with Gasteiger partial charge in [-0.25, -0.2) is 8.78 Å². The van der Waals surface area contributed by atoms with Crippen molar-refractivity contribution in [1.82, 2.24) is 0 Å². The molecule has 4 heteroatoms. The maximum absolute atomic E-state index is 12.7. The molecule has 0 amide bonds. The minimum atomic E-state index is -2.58. The zero-order valence-electron chi connectivity index (χ0n) is 8.63. The summed E-state index contributed by atoms with van der Waals surface area (Å²) in [5.74, 6) is 0. The Bertz CT molecular complexity index is 539. The number of rotatable bonds is 2. The van der Waals surface area contributed by atoms with Gasteiger partial charge in [0.05, 0.1) is 5.02 Å². The van der Waals surface area contributed by atoms with Crippen molar-refractivity contribution in [3.05, 3.63) is 58.1 Å². The van der Waals surface area contributed by atoms with Crippen LogP contribution in [-0.4, -0.2) is 0 Å². The smallest absolute Gasteiger partial charge is 0.205 e. The highest BCUT2D eigenvalue weighted by Gasteiger charge is 2.15. The van der Waals surface area contributed by atoms with Gasteiger partial charge in [-0.2, -0.15) is 0 Å². The summed E-state index contributed by atoms with van der Waals surface area (Å²) < 4.78 is 25.4. The van der Waals surface area contributed by atoms with Crippen LogP contribution in [0, 0.1) is 0 Å². The fraction of sp³-hybridized carbons (Fsp3) is 0.0769. The minimum Gasteiger partial charge on any atom is -0.205 e. The molecule has 0 atom stereocenters. The highest BCUT2D eigenvalue weighted by atomic mass is 35.5. The van der Waals surface area contributed by atoms with Crippen LogP contribution in [0.15, 0.2) is 42.5 Å². The molecule has 0 saturated heterocycles. The summed E-state index contributed by atoms with van der Waals surface area (Å²) in [5.41, 5.74) is 1.13. The molecule has 0 aliphatic carbocycles. The van der Waals surface area contributed by atoms with Crippen LogP contribution >= 0.6 is 23.2 Å². The number of hydrogen-bond donors (Lipinski definition) is 0. The van der Waals surface area contributed by atoms with Crippen molar-refractivity contribution in [3.8, 4) is 11.1 Å². The Morgan fingerprint density at radius 1 is 0.941 bits per heavy atom. The van der Waals surface area contributed by atoms with Crippen LogP contribution < -0.4 is 0 Å². The van der Waals surface area contributed by atoms with Gasteiger partial charge in [-0.15, -0.1) is 0 Å². The molecule has 0 saturated carbocycles. The van der Waals surface area contributed by atoms with E-state index in [1.165, 1.54) is 6.07 Å². The second-order valence-electron chi connectivity index (χ2n) is 3.52. The zero-order chi connectivity index (χ0) is 12.4. The molecule has 2 aromatic rings. The van der Waals surface area contributed by atoms with E-state index in [9.17, 15) is 8.78 Å². The van der Waals surface area contributed by atoms with Crippen molar-refractivity contribution in [2.45, 2.75) is 6.43 Å². The van der Waals surface area contributed by atoms with E-state index >= 15 is 0 Å². The van der Waals surface area contributed by atoms with Crippen LogP contribution in [0.2, 0.25) is 10.0 Å². The van der Waals surface area contributed by atoms with Crippen LogP contribution in [0.25, 0.3) is 11.1 Å². The maximum atomic E-state index is 12.7. The van der Waals surface area contributed by atoms with E-state index in [4.69, 9.17) is 23.2 Å². The Hall–Kier alpha value is -1.12. The summed E-state index contributed by atoms with van der Waals surface area (Å²) in [5, 5.41) is 0.616. The molecule has 0 radical (unpaired) electrons. The molecule has 2 rings (SSSR count). The maximum Gasteiger partial charge on any atom is 0.265 e. The van der Waals surface area contributed by atoms with Gasteiger partial charge in [0.25, 0.3) is 6.43 Å². The average molecular weight is 273 g/mol. The van der Waals surface area contributed by atoms with Crippen LogP contribution in [0.5, 0.6) is 0 Å². The number of benzene rings is 2. The van der Waals surface area contributed by atoms with Gasteiger partial charge >= 0.3 is 0 Å². The third kappa shape index (κ3) is 2.59. The van der Waals surface area contributed by atoms with Crippen molar-refractivity contribution in [2.24, 2.45) is 0 Å². The topological polar surface area (TPSA) is 0 Å². The Kier molecular flexibility index (Phi) is 3.65. The first-order valence-corrected chi connectivity index (χ1v) is 5.67. The SMILES string of the molecule is FC(F)c1cccc(-c2cccc(Cl)c2)c1Cl. The van der Waals surface area contributed by atoms with Gasteiger partial charge in [0.1, 0.15) is 0 Å². The van der Waals surface area contributed by atoms with Gasteiger partial charge in [0.2, 0.25) is 0 Å². The Labute approximate surface area is 108 Å². The normalized spacial score (nSPS) is 10.9. The Morgan fingerprint density at radius 3 is 2.29 bits per heavy atom. The summed E-state index contributed by atoms with van der Waals surface area (Å²) in [7, 11) is 0. The first-order valence-electron chi connectivity index (χ1n) is 4.92. The van der Waals surface area contributed by atoms with Gasteiger partial charge in [-0.05, 0) is 17.7 Å². The molecule has 0 fully saturated rings. The van der Waals surface area contributed by atoms with Crippen LogP contribution in [-0.2, 0) is 0 Å². The quantitative estimate of drug-likeness (QED) is 0.668. The van der Waals surface area contributed by atoms with E-state index in [0.29, 0.717) is 10.6 Å². The fourth-order valence-electron chi connectivity index (χ4n) is 1.60.